The summed E-state index contributed by atoms with van der Waals surface area (Å²) in [6.07, 6.45) is 1.77. The Morgan fingerprint density at radius 3 is 1.15 bits per heavy atom. The first-order valence-electron chi connectivity index (χ1n) is 14.5. The van der Waals surface area contributed by atoms with Gasteiger partial charge in [0, 0.05) is 36.2 Å². The summed E-state index contributed by atoms with van der Waals surface area (Å²) in [4.78, 5) is 4.59. The second-order valence-electron chi connectivity index (χ2n) is 9.41. The Morgan fingerprint density at radius 2 is 0.826 bits per heavy atom. The van der Waals surface area contributed by atoms with E-state index in [4.69, 9.17) is 0 Å². The minimum absolute atomic E-state index is 0. The standard InChI is InChI=1S/C25H18NO.3C6H5.Sb/c27-25-23(20-12-6-2-7-13-20)16-22(26-18-19-10-4-1-5-11-19)17-24(25)21-14-8-3-9-15-21;3*1-2-4-6-5-3-1;/h1-10,12-18,27H;3*1-5H;/p-1. The van der Waals surface area contributed by atoms with Crippen molar-refractivity contribution in [1.82, 2.24) is 0 Å². The van der Waals surface area contributed by atoms with E-state index in [9.17, 15) is 5.11 Å². The fourth-order valence-electron chi connectivity index (χ4n) is 4.01. The summed E-state index contributed by atoms with van der Waals surface area (Å²) < 4.78 is 0. The number of nitrogens with zero attached hydrogens (tertiary/aromatic N) is 1. The molecule has 221 valence electrons. The van der Waals surface area contributed by atoms with Gasteiger partial charge in [0.1, 0.15) is 0 Å². The van der Waals surface area contributed by atoms with Crippen LogP contribution in [0.3, 0.4) is 0 Å². The van der Waals surface area contributed by atoms with Gasteiger partial charge in [-0.05, 0) is 58.7 Å². The van der Waals surface area contributed by atoms with Gasteiger partial charge >= 0.3 is 0 Å². The fourth-order valence-corrected chi connectivity index (χ4v) is 4.01. The van der Waals surface area contributed by atoms with Crippen LogP contribution >= 0.6 is 0 Å². The van der Waals surface area contributed by atoms with Crippen molar-refractivity contribution in [3.05, 3.63) is 218 Å². The van der Waals surface area contributed by atoms with Crippen molar-refractivity contribution in [3.8, 4) is 28.0 Å². The van der Waals surface area contributed by atoms with Crippen LogP contribution in [0.2, 0.25) is 0 Å². The molecule has 0 saturated heterocycles. The number of rotatable bonds is 4. The van der Waals surface area contributed by atoms with Gasteiger partial charge < -0.3 is 5.11 Å². The average molecular weight is 700 g/mol. The van der Waals surface area contributed by atoms with Crippen LogP contribution in [0.15, 0.2) is 193 Å². The van der Waals surface area contributed by atoms with Gasteiger partial charge in [0.25, 0.3) is 0 Å². The summed E-state index contributed by atoms with van der Waals surface area (Å²) in [5.41, 5.74) is 4.73. The van der Waals surface area contributed by atoms with Gasteiger partial charge in [-0.25, -0.2) is 0 Å². The zero-order chi connectivity index (χ0) is 31.2. The zero-order valence-electron chi connectivity index (χ0n) is 25.3. The van der Waals surface area contributed by atoms with E-state index >= 15 is 0 Å². The van der Waals surface area contributed by atoms with Crippen molar-refractivity contribution in [3.63, 3.8) is 0 Å². The van der Waals surface area contributed by atoms with E-state index in [1.54, 1.807) is 6.21 Å². The SMILES string of the molecule is [O-]c1c(-c2ccccc2)cc(N=Cc2[c]cccc2)cc1-c1ccccc1.[Sb].[c]1ccccc1.[c]1ccccc1.[c]1ccccc1. The van der Waals surface area contributed by atoms with E-state index < -0.39 is 0 Å². The first-order valence-corrected chi connectivity index (χ1v) is 14.5. The Kier molecular flexibility index (Phi) is 16.5. The summed E-state index contributed by atoms with van der Waals surface area (Å²) in [5, 5.41) is 13.1. The van der Waals surface area contributed by atoms with Crippen LogP contribution in [0.4, 0.5) is 5.69 Å². The van der Waals surface area contributed by atoms with Gasteiger partial charge in [0.05, 0.1) is 5.69 Å². The van der Waals surface area contributed by atoms with Crippen molar-refractivity contribution in [2.24, 2.45) is 4.99 Å². The van der Waals surface area contributed by atoms with Crippen LogP contribution in [0.5, 0.6) is 5.75 Å². The molecule has 46 heavy (non-hydrogen) atoms. The molecular formula is C43H32NOSb-. The molecule has 2 nitrogen and oxygen atoms in total. The monoisotopic (exact) mass is 699 g/mol. The smallest absolute Gasteiger partial charge is 0.0641 e. The Bertz CT molecular complexity index is 1550. The van der Waals surface area contributed by atoms with Gasteiger partial charge in [-0.2, -0.15) is 0 Å². The van der Waals surface area contributed by atoms with Crippen LogP contribution in [0.1, 0.15) is 5.56 Å². The number of hydrogen-bond acceptors (Lipinski definition) is 2. The third kappa shape index (κ3) is 12.8. The molecule has 0 aliphatic rings. The second-order valence-corrected chi connectivity index (χ2v) is 9.41. The Balaban J connectivity index is 0.000000243. The van der Waals surface area contributed by atoms with E-state index in [0.717, 1.165) is 22.4 Å². The van der Waals surface area contributed by atoms with Gasteiger partial charge in [-0.15, -0.1) is 0 Å². The maximum Gasteiger partial charge on any atom is 0.0641 e. The van der Waals surface area contributed by atoms with Crippen LogP contribution in [-0.2, 0) is 0 Å². The average Bonchev–Trinajstić information content (AvgIpc) is 3.15. The second kappa shape index (κ2) is 21.5. The molecule has 0 saturated carbocycles. The van der Waals surface area contributed by atoms with Crippen LogP contribution in [0.25, 0.3) is 22.3 Å². The molecule has 0 N–H and O–H groups in total. The molecule has 7 radical (unpaired) electrons. The van der Waals surface area contributed by atoms with Crippen LogP contribution in [-0.4, -0.2) is 30.6 Å². The Morgan fingerprint density at radius 1 is 0.457 bits per heavy atom. The third-order valence-electron chi connectivity index (χ3n) is 6.15. The molecule has 7 rings (SSSR count). The quantitative estimate of drug-likeness (QED) is 0.133. The minimum atomic E-state index is 0. The zero-order valence-corrected chi connectivity index (χ0v) is 27.8. The molecular weight excluding hydrogens is 668 g/mol. The van der Waals surface area contributed by atoms with E-state index in [2.05, 4.69) is 29.3 Å². The summed E-state index contributed by atoms with van der Waals surface area (Å²) in [6, 6.07) is 71.4. The van der Waals surface area contributed by atoms with E-state index in [0.29, 0.717) is 11.1 Å². The molecule has 0 atom stereocenters. The van der Waals surface area contributed by atoms with E-state index in [1.165, 1.54) is 0 Å². The van der Waals surface area contributed by atoms with Crippen LogP contribution < -0.4 is 5.11 Å². The number of aliphatic imine (C=N–C) groups is 1. The van der Waals surface area contributed by atoms with Crippen molar-refractivity contribution in [2.75, 3.05) is 0 Å². The summed E-state index contributed by atoms with van der Waals surface area (Å²) in [6.45, 7) is 0. The maximum atomic E-state index is 13.1. The summed E-state index contributed by atoms with van der Waals surface area (Å²) in [7, 11) is 0. The third-order valence-corrected chi connectivity index (χ3v) is 6.15. The normalized spacial score (nSPS) is 9.57. The van der Waals surface area contributed by atoms with Gasteiger partial charge in [0.2, 0.25) is 0 Å². The first kappa shape index (κ1) is 35.3. The van der Waals surface area contributed by atoms with Crippen molar-refractivity contribution < 1.29 is 5.11 Å². The summed E-state index contributed by atoms with van der Waals surface area (Å²) in [5.74, 6) is 0.0117. The molecule has 0 unspecified atom stereocenters. The van der Waals surface area contributed by atoms with E-state index in [-0.39, 0.29) is 30.2 Å². The molecule has 0 aliphatic heterocycles. The molecule has 0 heterocycles. The first-order chi connectivity index (χ1) is 22.3. The molecule has 7 aromatic carbocycles. The van der Waals surface area contributed by atoms with Gasteiger partial charge in [0.15, 0.2) is 0 Å². The molecule has 0 spiro atoms. The predicted octanol–water partition coefficient (Wildman–Crippen LogP) is 9.72. The molecule has 0 amide bonds. The predicted molar refractivity (Wildman–Crippen MR) is 191 cm³/mol. The molecule has 7 aromatic rings. The van der Waals surface area contributed by atoms with E-state index in [1.807, 2.05) is 188 Å². The van der Waals surface area contributed by atoms with Crippen molar-refractivity contribution >= 4 is 36.3 Å². The van der Waals surface area contributed by atoms with Crippen molar-refractivity contribution in [2.45, 2.75) is 0 Å². The molecule has 0 bridgehead atoms. The largest absolute Gasteiger partial charge is 0.872 e. The Hall–Kier alpha value is -5.17. The minimum Gasteiger partial charge on any atom is -0.872 e. The number of hydrogen-bond donors (Lipinski definition) is 0. The molecule has 3 heteroatoms. The topological polar surface area (TPSA) is 35.4 Å². The van der Waals surface area contributed by atoms with Crippen molar-refractivity contribution in [1.29, 1.82) is 0 Å². The Labute approximate surface area is 290 Å². The molecule has 0 aliphatic carbocycles. The van der Waals surface area contributed by atoms with Crippen LogP contribution in [0, 0.1) is 24.3 Å². The number of benzene rings is 7. The molecule has 0 fully saturated rings. The maximum absolute atomic E-state index is 13.1. The molecule has 0 aromatic heterocycles. The summed E-state index contributed by atoms with van der Waals surface area (Å²) >= 11 is 0. The van der Waals surface area contributed by atoms with Gasteiger partial charge in [-0.3, -0.25) is 4.99 Å². The fraction of sp³-hybridized carbons (Fsp3) is 0. The van der Waals surface area contributed by atoms with Gasteiger partial charge in [-0.1, -0.05) is 182 Å².